The van der Waals surface area contributed by atoms with Crippen LogP contribution in [-0.2, 0) is 4.79 Å². The molecule has 23 heavy (non-hydrogen) atoms. The van der Waals surface area contributed by atoms with Gasteiger partial charge in [0.2, 0.25) is 0 Å². The average Bonchev–Trinajstić information content (AvgIpc) is 3.06. The van der Waals surface area contributed by atoms with Gasteiger partial charge in [-0.25, -0.2) is 0 Å². The van der Waals surface area contributed by atoms with Gasteiger partial charge in [0, 0.05) is 25.4 Å². The third-order valence-corrected chi connectivity index (χ3v) is 3.75. The van der Waals surface area contributed by atoms with Crippen LogP contribution < -0.4 is 4.74 Å². The zero-order chi connectivity index (χ0) is 16.2. The summed E-state index contributed by atoms with van der Waals surface area (Å²) in [6.45, 7) is 0.654. The van der Waals surface area contributed by atoms with E-state index in [2.05, 4.69) is 4.98 Å². The van der Waals surface area contributed by atoms with Crippen LogP contribution in [0.2, 0.25) is 0 Å². The molecule has 0 radical (unpaired) electrons. The molecule has 1 aromatic heterocycles. The van der Waals surface area contributed by atoms with Crippen molar-refractivity contribution in [2.24, 2.45) is 5.92 Å². The molecule has 2 aromatic rings. The summed E-state index contributed by atoms with van der Waals surface area (Å²) in [5.41, 5.74) is 0.254. The first-order valence-corrected chi connectivity index (χ1v) is 7.34. The number of amides is 1. The number of carboxylic acids is 1. The molecule has 1 amide bonds. The van der Waals surface area contributed by atoms with Gasteiger partial charge < -0.3 is 14.7 Å². The largest absolute Gasteiger partial charge is 0.481 e. The molecule has 3 rings (SSSR count). The van der Waals surface area contributed by atoms with E-state index in [-0.39, 0.29) is 18.1 Å². The molecule has 1 aliphatic rings. The maximum Gasteiger partial charge on any atom is 0.308 e. The van der Waals surface area contributed by atoms with E-state index in [0.29, 0.717) is 24.5 Å². The summed E-state index contributed by atoms with van der Waals surface area (Å²) in [5, 5.41) is 9.02. The van der Waals surface area contributed by atoms with Gasteiger partial charge in [-0.15, -0.1) is 0 Å². The second-order valence-electron chi connectivity index (χ2n) is 5.37. The first-order valence-electron chi connectivity index (χ1n) is 7.34. The Hall–Kier alpha value is -2.89. The average molecular weight is 312 g/mol. The predicted octanol–water partition coefficient (Wildman–Crippen LogP) is 2.42. The molecule has 1 unspecified atom stereocenters. The molecule has 1 aliphatic heterocycles. The summed E-state index contributed by atoms with van der Waals surface area (Å²) in [7, 11) is 0. The van der Waals surface area contributed by atoms with Gasteiger partial charge in [0.25, 0.3) is 5.91 Å². The normalized spacial score (nSPS) is 17.0. The Bertz CT molecular complexity index is 718. The van der Waals surface area contributed by atoms with E-state index in [1.807, 2.05) is 30.3 Å². The lowest BCUT2D eigenvalue weighted by atomic mass is 10.1. The Morgan fingerprint density at radius 2 is 1.96 bits per heavy atom. The summed E-state index contributed by atoms with van der Waals surface area (Å²) >= 11 is 0. The smallest absolute Gasteiger partial charge is 0.308 e. The highest BCUT2D eigenvalue weighted by Gasteiger charge is 2.31. The van der Waals surface area contributed by atoms with Crippen LogP contribution in [0.4, 0.5) is 0 Å². The van der Waals surface area contributed by atoms with Crippen LogP contribution in [0.25, 0.3) is 0 Å². The van der Waals surface area contributed by atoms with Gasteiger partial charge in [0.1, 0.15) is 17.2 Å². The molecule has 1 fully saturated rings. The first-order chi connectivity index (χ1) is 11.1. The molecule has 0 spiro atoms. The van der Waals surface area contributed by atoms with Crippen molar-refractivity contribution in [3.8, 4) is 11.5 Å². The monoisotopic (exact) mass is 312 g/mol. The van der Waals surface area contributed by atoms with Crippen LogP contribution in [-0.4, -0.2) is 40.0 Å². The van der Waals surface area contributed by atoms with Crippen molar-refractivity contribution in [2.75, 3.05) is 13.1 Å². The van der Waals surface area contributed by atoms with Crippen molar-refractivity contribution in [2.45, 2.75) is 6.42 Å². The number of hydrogen-bond donors (Lipinski definition) is 1. The van der Waals surface area contributed by atoms with Gasteiger partial charge in [0.05, 0.1) is 5.92 Å². The number of rotatable bonds is 4. The molecular weight excluding hydrogens is 296 g/mol. The Kier molecular flexibility index (Phi) is 4.23. The zero-order valence-corrected chi connectivity index (χ0v) is 12.4. The molecule has 0 bridgehead atoms. The molecule has 0 aliphatic carbocycles. The molecule has 6 heteroatoms. The van der Waals surface area contributed by atoms with Gasteiger partial charge in [-0.05, 0) is 24.6 Å². The summed E-state index contributed by atoms with van der Waals surface area (Å²) in [5.74, 6) is -0.447. The number of para-hydroxylation sites is 1. The van der Waals surface area contributed by atoms with E-state index in [1.54, 1.807) is 12.1 Å². The Morgan fingerprint density at radius 1 is 1.17 bits per heavy atom. The first kappa shape index (κ1) is 15.0. The van der Waals surface area contributed by atoms with Gasteiger partial charge in [-0.3, -0.25) is 14.6 Å². The molecule has 6 nitrogen and oxygen atoms in total. The third-order valence-electron chi connectivity index (χ3n) is 3.75. The van der Waals surface area contributed by atoms with Crippen LogP contribution in [0, 0.1) is 5.92 Å². The van der Waals surface area contributed by atoms with Crippen LogP contribution in [0.3, 0.4) is 0 Å². The predicted molar refractivity (Wildman–Crippen MR) is 82.4 cm³/mol. The highest BCUT2D eigenvalue weighted by Crippen LogP contribution is 2.23. The van der Waals surface area contributed by atoms with Crippen molar-refractivity contribution in [3.63, 3.8) is 0 Å². The second-order valence-corrected chi connectivity index (χ2v) is 5.37. The van der Waals surface area contributed by atoms with Gasteiger partial charge >= 0.3 is 5.97 Å². The quantitative estimate of drug-likeness (QED) is 0.938. The summed E-state index contributed by atoms with van der Waals surface area (Å²) in [6.07, 6.45) is 1.98. The van der Waals surface area contributed by atoms with Crippen molar-refractivity contribution in [1.82, 2.24) is 9.88 Å². The van der Waals surface area contributed by atoms with Crippen LogP contribution in [0.15, 0.2) is 48.7 Å². The molecule has 0 saturated carbocycles. The Labute approximate surface area is 133 Å². The van der Waals surface area contributed by atoms with Crippen molar-refractivity contribution in [3.05, 3.63) is 54.4 Å². The number of carbonyl (C=O) groups excluding carboxylic acids is 1. The minimum absolute atomic E-state index is 0.222. The number of carbonyl (C=O) groups is 2. The number of nitrogens with zero attached hydrogens (tertiary/aromatic N) is 2. The van der Waals surface area contributed by atoms with Crippen LogP contribution in [0.1, 0.15) is 16.9 Å². The number of ether oxygens (including phenoxy) is 1. The number of aromatic nitrogens is 1. The number of pyridine rings is 1. The number of hydrogen-bond acceptors (Lipinski definition) is 4. The van der Waals surface area contributed by atoms with Gasteiger partial charge in [-0.1, -0.05) is 18.2 Å². The molecular formula is C17H16N2O4. The fourth-order valence-corrected chi connectivity index (χ4v) is 2.52. The number of likely N-dealkylation sites (tertiary alicyclic amines) is 1. The lowest BCUT2D eigenvalue weighted by Crippen LogP contribution is -2.30. The SMILES string of the molecule is O=C(O)C1CCN(C(=O)c2cc(Oc3ccccc3)ccn2)C1. The van der Waals surface area contributed by atoms with E-state index in [0.717, 1.165) is 0 Å². The van der Waals surface area contributed by atoms with Crippen LogP contribution in [0.5, 0.6) is 11.5 Å². The van der Waals surface area contributed by atoms with E-state index in [9.17, 15) is 9.59 Å². The molecule has 1 atom stereocenters. The highest BCUT2D eigenvalue weighted by atomic mass is 16.5. The van der Waals surface area contributed by atoms with E-state index in [4.69, 9.17) is 9.84 Å². The van der Waals surface area contributed by atoms with Crippen LogP contribution >= 0.6 is 0 Å². The van der Waals surface area contributed by atoms with Crippen molar-refractivity contribution in [1.29, 1.82) is 0 Å². The minimum atomic E-state index is -0.866. The number of benzene rings is 1. The van der Waals surface area contributed by atoms with Crippen molar-refractivity contribution >= 4 is 11.9 Å². The highest BCUT2D eigenvalue weighted by molar-refractivity contribution is 5.93. The second kappa shape index (κ2) is 6.48. The topological polar surface area (TPSA) is 79.7 Å². The lowest BCUT2D eigenvalue weighted by molar-refractivity contribution is -0.141. The van der Waals surface area contributed by atoms with E-state index < -0.39 is 11.9 Å². The maximum atomic E-state index is 12.4. The molecule has 1 saturated heterocycles. The minimum Gasteiger partial charge on any atom is -0.481 e. The summed E-state index contributed by atoms with van der Waals surface area (Å²) < 4.78 is 5.69. The molecule has 1 aromatic carbocycles. The summed E-state index contributed by atoms with van der Waals surface area (Å²) in [6, 6.07) is 12.5. The zero-order valence-electron chi connectivity index (χ0n) is 12.4. The summed E-state index contributed by atoms with van der Waals surface area (Å²) in [4.78, 5) is 29.0. The fraction of sp³-hybridized carbons (Fsp3) is 0.235. The van der Waals surface area contributed by atoms with Crippen molar-refractivity contribution < 1.29 is 19.4 Å². The van der Waals surface area contributed by atoms with Gasteiger partial charge in [0.15, 0.2) is 0 Å². The number of carboxylic acid groups (broad SMARTS) is 1. The number of aliphatic carboxylic acids is 1. The standard InChI is InChI=1S/C17H16N2O4/c20-16(19-9-7-12(11-19)17(21)22)15-10-14(6-8-18-15)23-13-4-2-1-3-5-13/h1-6,8,10,12H,7,9,11H2,(H,21,22). The Balaban J connectivity index is 1.72. The molecule has 1 N–H and O–H groups in total. The molecule has 118 valence electrons. The Morgan fingerprint density at radius 3 is 2.65 bits per heavy atom. The third kappa shape index (κ3) is 3.48. The molecule has 2 heterocycles. The van der Waals surface area contributed by atoms with Gasteiger partial charge in [-0.2, -0.15) is 0 Å². The lowest BCUT2D eigenvalue weighted by Gasteiger charge is -2.15. The van der Waals surface area contributed by atoms with E-state index >= 15 is 0 Å². The maximum absolute atomic E-state index is 12.4. The fourth-order valence-electron chi connectivity index (χ4n) is 2.52. The van der Waals surface area contributed by atoms with E-state index in [1.165, 1.54) is 11.1 Å².